The summed E-state index contributed by atoms with van der Waals surface area (Å²) in [5.41, 5.74) is 3.19. The number of thiocarbonyl (C=S) groups is 1. The third kappa shape index (κ3) is 4.51. The van der Waals surface area contributed by atoms with Crippen molar-refractivity contribution >= 4 is 23.1 Å². The predicted molar refractivity (Wildman–Crippen MR) is 121 cm³/mol. The molecular formula is C24H28N2O2S. The summed E-state index contributed by atoms with van der Waals surface area (Å²) in [4.78, 5) is 15.5. The molecule has 1 unspecified atom stereocenters. The number of allylic oxidation sites excluding steroid dienone is 1. The Morgan fingerprint density at radius 3 is 2.48 bits per heavy atom. The van der Waals surface area contributed by atoms with E-state index in [1.807, 2.05) is 73.3 Å². The van der Waals surface area contributed by atoms with Crippen LogP contribution in [0.4, 0.5) is 0 Å². The normalized spacial score (nSPS) is 16.6. The Balaban J connectivity index is 2.08. The first-order valence-corrected chi connectivity index (χ1v) is 10.6. The van der Waals surface area contributed by atoms with Crippen LogP contribution in [-0.2, 0) is 0 Å². The van der Waals surface area contributed by atoms with Gasteiger partial charge < -0.3 is 15.0 Å². The number of nitrogens with one attached hydrogen (secondary N) is 1. The second kappa shape index (κ2) is 9.70. The van der Waals surface area contributed by atoms with Crippen LogP contribution < -0.4 is 10.1 Å². The maximum Gasteiger partial charge on any atom is 0.193 e. The summed E-state index contributed by atoms with van der Waals surface area (Å²) in [7, 11) is 0. The van der Waals surface area contributed by atoms with Gasteiger partial charge in [-0.05, 0) is 38.6 Å². The van der Waals surface area contributed by atoms with Crippen molar-refractivity contribution in [2.75, 3.05) is 13.2 Å². The first-order chi connectivity index (χ1) is 14.1. The molecule has 0 spiro atoms. The summed E-state index contributed by atoms with van der Waals surface area (Å²) in [6.07, 6.45) is 2.05. The van der Waals surface area contributed by atoms with E-state index in [0.29, 0.717) is 29.4 Å². The second-order valence-electron chi connectivity index (χ2n) is 7.06. The molecule has 2 aromatic rings. The fraction of sp³-hybridized carbons (Fsp3) is 0.333. The average molecular weight is 409 g/mol. The van der Waals surface area contributed by atoms with Crippen LogP contribution in [0.25, 0.3) is 0 Å². The van der Waals surface area contributed by atoms with Gasteiger partial charge in [0.25, 0.3) is 0 Å². The molecule has 1 N–H and O–H groups in total. The molecule has 1 aliphatic heterocycles. The third-order valence-electron chi connectivity index (χ3n) is 5.18. The number of ether oxygens (including phenoxy) is 1. The molecule has 152 valence electrons. The Morgan fingerprint density at radius 2 is 1.79 bits per heavy atom. The molecule has 0 aromatic heterocycles. The highest BCUT2D eigenvalue weighted by molar-refractivity contribution is 7.80. The largest absolute Gasteiger partial charge is 0.493 e. The molecule has 1 heterocycles. The molecule has 0 amide bonds. The van der Waals surface area contributed by atoms with Crippen molar-refractivity contribution in [2.45, 2.75) is 39.7 Å². The molecular weight excluding hydrogens is 380 g/mol. The zero-order chi connectivity index (χ0) is 20.8. The van der Waals surface area contributed by atoms with Gasteiger partial charge >= 0.3 is 0 Å². The lowest BCUT2D eigenvalue weighted by molar-refractivity contribution is 0.102. The van der Waals surface area contributed by atoms with Crippen molar-refractivity contribution in [1.82, 2.24) is 10.2 Å². The number of unbranched alkanes of at least 4 members (excludes halogenated alkanes) is 1. The van der Waals surface area contributed by atoms with E-state index in [9.17, 15) is 4.79 Å². The number of rotatable bonds is 8. The molecule has 1 aliphatic rings. The minimum absolute atomic E-state index is 0.00455. The highest BCUT2D eigenvalue weighted by Gasteiger charge is 2.35. The van der Waals surface area contributed by atoms with Crippen LogP contribution in [0.15, 0.2) is 65.9 Å². The molecule has 0 fully saturated rings. The Bertz CT molecular complexity index is 908. The molecule has 3 rings (SSSR count). The average Bonchev–Trinajstić information content (AvgIpc) is 2.74. The van der Waals surface area contributed by atoms with Gasteiger partial charge in [0.1, 0.15) is 5.75 Å². The van der Waals surface area contributed by atoms with E-state index in [1.54, 1.807) is 0 Å². The molecule has 0 saturated heterocycles. The highest BCUT2D eigenvalue weighted by atomic mass is 32.1. The monoisotopic (exact) mass is 408 g/mol. The first kappa shape index (κ1) is 21.1. The van der Waals surface area contributed by atoms with Gasteiger partial charge in [-0.1, -0.05) is 61.9 Å². The van der Waals surface area contributed by atoms with E-state index >= 15 is 0 Å². The number of carbonyl (C=O) groups is 1. The number of ketones is 1. The fourth-order valence-electron chi connectivity index (χ4n) is 3.61. The van der Waals surface area contributed by atoms with Gasteiger partial charge in [-0.15, -0.1) is 0 Å². The van der Waals surface area contributed by atoms with Crippen LogP contribution >= 0.6 is 12.2 Å². The molecule has 0 bridgehead atoms. The molecule has 29 heavy (non-hydrogen) atoms. The van der Waals surface area contributed by atoms with E-state index in [-0.39, 0.29) is 11.8 Å². The molecule has 1 atom stereocenters. The standard InChI is InChI=1S/C24H28N2O2S/c1-4-6-16-28-20-15-11-10-14-19(20)22-21(17(3)26(5-2)24(29)25-22)23(27)18-12-8-7-9-13-18/h7-15,22H,4-6,16H2,1-3H3,(H,25,29). The van der Waals surface area contributed by atoms with E-state index in [4.69, 9.17) is 17.0 Å². The van der Waals surface area contributed by atoms with Gasteiger partial charge in [-0.25, -0.2) is 0 Å². The van der Waals surface area contributed by atoms with E-state index < -0.39 is 0 Å². The molecule has 0 saturated carbocycles. The zero-order valence-electron chi connectivity index (χ0n) is 17.3. The maximum atomic E-state index is 13.5. The van der Waals surface area contributed by atoms with Gasteiger partial charge in [0.05, 0.1) is 12.6 Å². The van der Waals surface area contributed by atoms with Crippen LogP contribution in [0.3, 0.4) is 0 Å². The van der Waals surface area contributed by atoms with Crippen molar-refractivity contribution < 1.29 is 9.53 Å². The SMILES string of the molecule is CCCCOc1ccccc1C1NC(=S)N(CC)C(C)=C1C(=O)c1ccccc1. The van der Waals surface area contributed by atoms with Crippen LogP contribution in [0.1, 0.15) is 55.6 Å². The highest BCUT2D eigenvalue weighted by Crippen LogP contribution is 2.37. The van der Waals surface area contributed by atoms with Gasteiger partial charge in [0, 0.05) is 28.9 Å². The molecule has 4 nitrogen and oxygen atoms in total. The van der Waals surface area contributed by atoms with Crippen molar-refractivity contribution in [2.24, 2.45) is 0 Å². The summed E-state index contributed by atoms with van der Waals surface area (Å²) in [5.74, 6) is 0.794. The number of hydrogen-bond donors (Lipinski definition) is 1. The maximum absolute atomic E-state index is 13.5. The Morgan fingerprint density at radius 1 is 1.10 bits per heavy atom. The summed E-state index contributed by atoms with van der Waals surface area (Å²) >= 11 is 5.61. The van der Waals surface area contributed by atoms with Crippen LogP contribution in [0.2, 0.25) is 0 Å². The molecule has 0 radical (unpaired) electrons. The molecule has 2 aromatic carbocycles. The number of Topliss-reactive ketones (excluding diaryl/α,β-unsaturated/α-hetero) is 1. The lowest BCUT2D eigenvalue weighted by atomic mass is 9.88. The second-order valence-corrected chi connectivity index (χ2v) is 7.45. The summed E-state index contributed by atoms with van der Waals surface area (Å²) in [5, 5.41) is 4.02. The van der Waals surface area contributed by atoms with Crippen molar-refractivity contribution in [1.29, 1.82) is 0 Å². The minimum Gasteiger partial charge on any atom is -0.493 e. The minimum atomic E-state index is -0.351. The van der Waals surface area contributed by atoms with E-state index in [2.05, 4.69) is 12.2 Å². The lowest BCUT2D eigenvalue weighted by Gasteiger charge is -2.38. The number of para-hydroxylation sites is 1. The van der Waals surface area contributed by atoms with Crippen molar-refractivity contribution in [3.05, 3.63) is 77.0 Å². The zero-order valence-corrected chi connectivity index (χ0v) is 18.1. The van der Waals surface area contributed by atoms with Crippen LogP contribution in [0.5, 0.6) is 5.75 Å². The number of nitrogens with zero attached hydrogens (tertiary/aromatic N) is 1. The number of benzene rings is 2. The summed E-state index contributed by atoms with van der Waals surface area (Å²) in [6.45, 7) is 7.49. The number of hydrogen-bond acceptors (Lipinski definition) is 3. The van der Waals surface area contributed by atoms with E-state index in [1.165, 1.54) is 0 Å². The first-order valence-electron chi connectivity index (χ1n) is 10.2. The van der Waals surface area contributed by atoms with Crippen LogP contribution in [0, 0.1) is 0 Å². The fourth-order valence-corrected chi connectivity index (χ4v) is 4.00. The number of carbonyl (C=O) groups excluding carboxylic acids is 1. The van der Waals surface area contributed by atoms with Crippen molar-refractivity contribution in [3.8, 4) is 5.75 Å². The Kier molecular flexibility index (Phi) is 7.04. The summed E-state index contributed by atoms with van der Waals surface area (Å²) < 4.78 is 6.06. The topological polar surface area (TPSA) is 41.6 Å². The molecule has 0 aliphatic carbocycles. The Labute approximate surface area is 178 Å². The van der Waals surface area contributed by atoms with Crippen LogP contribution in [-0.4, -0.2) is 28.9 Å². The van der Waals surface area contributed by atoms with Gasteiger partial charge in [-0.3, -0.25) is 4.79 Å². The van der Waals surface area contributed by atoms with E-state index in [0.717, 1.165) is 29.9 Å². The summed E-state index contributed by atoms with van der Waals surface area (Å²) in [6, 6.07) is 16.9. The van der Waals surface area contributed by atoms with Gasteiger partial charge in [-0.2, -0.15) is 0 Å². The van der Waals surface area contributed by atoms with Gasteiger partial charge in [0.2, 0.25) is 0 Å². The van der Waals surface area contributed by atoms with Gasteiger partial charge in [0.15, 0.2) is 10.9 Å². The molecule has 5 heteroatoms. The Hall–Kier alpha value is -2.66. The van der Waals surface area contributed by atoms with Crippen molar-refractivity contribution in [3.63, 3.8) is 0 Å². The quantitative estimate of drug-likeness (QED) is 0.366. The predicted octanol–water partition coefficient (Wildman–Crippen LogP) is 5.27. The lowest BCUT2D eigenvalue weighted by Crippen LogP contribution is -2.47. The smallest absolute Gasteiger partial charge is 0.193 e. The third-order valence-corrected chi connectivity index (χ3v) is 5.52.